The number of halogens is 1. The summed E-state index contributed by atoms with van der Waals surface area (Å²) in [6.45, 7) is 0. The second kappa shape index (κ2) is 5.10. The Morgan fingerprint density at radius 1 is 1.50 bits per heavy atom. The molecule has 1 heterocycles. The number of carboxylic acids is 1. The molecule has 0 amide bonds. The molecule has 1 aliphatic carbocycles. The molecule has 1 fully saturated rings. The molecule has 1 aliphatic heterocycles. The molecule has 4 nitrogen and oxygen atoms in total. The van der Waals surface area contributed by atoms with E-state index in [4.69, 9.17) is 9.84 Å². The molecule has 5 heteroatoms. The molecule has 0 bridgehead atoms. The van der Waals surface area contributed by atoms with Gasteiger partial charge in [0.15, 0.2) is 6.23 Å². The van der Waals surface area contributed by atoms with Crippen molar-refractivity contribution >= 4 is 28.1 Å². The number of rotatable bonds is 3. The minimum Gasteiger partial charge on any atom is -0.478 e. The third-order valence-electron chi connectivity index (χ3n) is 2.85. The number of ether oxygens (including phenoxy) is 1. The third kappa shape index (κ3) is 2.71. The first-order chi connectivity index (χ1) is 7.66. The lowest BCUT2D eigenvalue weighted by Gasteiger charge is -2.23. The van der Waals surface area contributed by atoms with E-state index in [1.807, 2.05) is 0 Å². The van der Waals surface area contributed by atoms with Gasteiger partial charge >= 0.3 is 5.97 Å². The van der Waals surface area contributed by atoms with Crippen molar-refractivity contribution < 1.29 is 14.6 Å². The number of dihydropyridines is 1. The molecule has 2 aliphatic rings. The number of alkyl halides is 1. The molecule has 2 unspecified atom stereocenters. The van der Waals surface area contributed by atoms with Gasteiger partial charge in [0, 0.05) is 6.21 Å². The normalized spacial score (nSPS) is 30.4. The molecule has 88 valence electrons. The van der Waals surface area contributed by atoms with E-state index < -0.39 is 5.97 Å². The predicted molar refractivity (Wildman–Crippen MR) is 64.1 cm³/mol. The van der Waals surface area contributed by atoms with E-state index >= 15 is 0 Å². The molecule has 0 saturated heterocycles. The molecule has 0 radical (unpaired) electrons. The van der Waals surface area contributed by atoms with Gasteiger partial charge in [-0.05, 0) is 12.8 Å². The topological polar surface area (TPSA) is 58.9 Å². The van der Waals surface area contributed by atoms with Crippen LogP contribution < -0.4 is 0 Å². The van der Waals surface area contributed by atoms with E-state index in [1.165, 1.54) is 19.1 Å². The maximum atomic E-state index is 10.7. The van der Waals surface area contributed by atoms with Crippen molar-refractivity contribution in [3.05, 3.63) is 11.6 Å². The Kier molecular flexibility index (Phi) is 3.76. The van der Waals surface area contributed by atoms with E-state index in [0.29, 0.717) is 0 Å². The van der Waals surface area contributed by atoms with Crippen molar-refractivity contribution in [2.75, 3.05) is 0 Å². The number of aliphatic carboxylic acids is 1. The minimum absolute atomic E-state index is 0.149. The Morgan fingerprint density at radius 3 is 2.75 bits per heavy atom. The number of nitrogens with zero attached hydrogens (tertiary/aromatic N) is 1. The van der Waals surface area contributed by atoms with Crippen LogP contribution in [0.15, 0.2) is 16.6 Å². The first kappa shape index (κ1) is 11.8. The number of carbonyl (C=O) groups is 1. The van der Waals surface area contributed by atoms with Crippen molar-refractivity contribution in [2.45, 2.75) is 42.8 Å². The van der Waals surface area contributed by atoms with Crippen molar-refractivity contribution in [3.63, 3.8) is 0 Å². The first-order valence-electron chi connectivity index (χ1n) is 5.44. The van der Waals surface area contributed by atoms with Gasteiger partial charge in [0.05, 0.1) is 16.5 Å². The van der Waals surface area contributed by atoms with Crippen LogP contribution in [-0.4, -0.2) is 34.4 Å². The zero-order valence-corrected chi connectivity index (χ0v) is 10.4. The van der Waals surface area contributed by atoms with Gasteiger partial charge in [-0.1, -0.05) is 34.8 Å². The molecule has 0 aromatic carbocycles. The molecule has 0 aromatic rings. The van der Waals surface area contributed by atoms with Gasteiger partial charge in [0.1, 0.15) is 0 Å². The summed E-state index contributed by atoms with van der Waals surface area (Å²) in [5.41, 5.74) is 0.216. The van der Waals surface area contributed by atoms with Crippen LogP contribution in [0.1, 0.15) is 25.7 Å². The summed E-state index contributed by atoms with van der Waals surface area (Å²) in [7, 11) is 0. The Morgan fingerprint density at radius 2 is 2.19 bits per heavy atom. The van der Waals surface area contributed by atoms with E-state index in [2.05, 4.69) is 20.9 Å². The number of hydrogen-bond donors (Lipinski definition) is 1. The predicted octanol–water partition coefficient (Wildman–Crippen LogP) is 2.13. The lowest BCUT2D eigenvalue weighted by Crippen LogP contribution is -2.29. The Bertz CT molecular complexity index is 334. The standard InChI is InChI=1S/C11H14BrNO3/c12-9-5-7(11(14)15)6-13-10(9)16-8-3-1-2-4-8/h5-6,8-10H,1-4H2,(H,14,15). The largest absolute Gasteiger partial charge is 0.478 e. The van der Waals surface area contributed by atoms with Gasteiger partial charge in [-0.25, -0.2) is 4.79 Å². The summed E-state index contributed by atoms with van der Waals surface area (Å²) in [4.78, 5) is 14.7. The van der Waals surface area contributed by atoms with E-state index in [0.717, 1.165) is 12.8 Å². The highest BCUT2D eigenvalue weighted by Crippen LogP contribution is 2.26. The zero-order chi connectivity index (χ0) is 11.5. The van der Waals surface area contributed by atoms with E-state index in [9.17, 15) is 4.79 Å². The van der Waals surface area contributed by atoms with Crippen molar-refractivity contribution in [3.8, 4) is 0 Å². The summed E-state index contributed by atoms with van der Waals surface area (Å²) in [5, 5.41) is 8.81. The van der Waals surface area contributed by atoms with E-state index in [1.54, 1.807) is 6.08 Å². The molecule has 1 saturated carbocycles. The maximum absolute atomic E-state index is 10.7. The van der Waals surface area contributed by atoms with E-state index in [-0.39, 0.29) is 22.7 Å². The Hall–Kier alpha value is -0.680. The fraction of sp³-hybridized carbons (Fsp3) is 0.636. The third-order valence-corrected chi connectivity index (χ3v) is 3.57. The van der Waals surface area contributed by atoms with Crippen LogP contribution in [0.4, 0.5) is 0 Å². The molecule has 2 rings (SSSR count). The Balaban J connectivity index is 1.94. The summed E-state index contributed by atoms with van der Waals surface area (Å²) < 4.78 is 5.81. The lowest BCUT2D eigenvalue weighted by atomic mass is 10.2. The zero-order valence-electron chi connectivity index (χ0n) is 8.80. The van der Waals surface area contributed by atoms with Crippen LogP contribution >= 0.6 is 15.9 Å². The van der Waals surface area contributed by atoms with Crippen LogP contribution in [0.3, 0.4) is 0 Å². The average Bonchev–Trinajstić information content (AvgIpc) is 2.73. The molecular formula is C11H14BrNO3. The first-order valence-corrected chi connectivity index (χ1v) is 6.36. The second-order valence-corrected chi connectivity index (χ2v) is 5.14. The number of carboxylic acid groups (broad SMARTS) is 1. The summed E-state index contributed by atoms with van der Waals surface area (Å²) in [5.74, 6) is -0.951. The van der Waals surface area contributed by atoms with Crippen molar-refractivity contribution in [1.29, 1.82) is 0 Å². The van der Waals surface area contributed by atoms with Gasteiger partial charge in [0.2, 0.25) is 0 Å². The van der Waals surface area contributed by atoms with Gasteiger partial charge in [0.25, 0.3) is 0 Å². The van der Waals surface area contributed by atoms with Gasteiger partial charge < -0.3 is 9.84 Å². The number of aliphatic imine (C=N–C) groups is 1. The van der Waals surface area contributed by atoms with Crippen molar-refractivity contribution in [1.82, 2.24) is 0 Å². The molecule has 1 N–H and O–H groups in total. The van der Waals surface area contributed by atoms with Crippen LogP contribution in [0.25, 0.3) is 0 Å². The second-order valence-electron chi connectivity index (χ2n) is 4.08. The average molecular weight is 288 g/mol. The molecular weight excluding hydrogens is 274 g/mol. The minimum atomic E-state index is -0.951. The van der Waals surface area contributed by atoms with Gasteiger partial charge in [-0.2, -0.15) is 0 Å². The monoisotopic (exact) mass is 287 g/mol. The van der Waals surface area contributed by atoms with Crippen molar-refractivity contribution in [2.24, 2.45) is 4.99 Å². The van der Waals surface area contributed by atoms with Crippen LogP contribution in [-0.2, 0) is 9.53 Å². The fourth-order valence-corrected chi connectivity index (χ4v) is 2.54. The SMILES string of the molecule is O=C(O)C1=CC(Br)C(OC2CCCC2)N=C1. The summed E-state index contributed by atoms with van der Waals surface area (Å²) in [6.07, 6.45) is 7.60. The molecule has 16 heavy (non-hydrogen) atoms. The molecule has 2 atom stereocenters. The highest BCUT2D eigenvalue weighted by atomic mass is 79.9. The summed E-state index contributed by atoms with van der Waals surface area (Å²) >= 11 is 3.39. The smallest absolute Gasteiger partial charge is 0.336 e. The van der Waals surface area contributed by atoms with Crippen LogP contribution in [0.2, 0.25) is 0 Å². The molecule has 0 aromatic heterocycles. The van der Waals surface area contributed by atoms with Gasteiger partial charge in [-0.3, -0.25) is 4.99 Å². The highest BCUT2D eigenvalue weighted by molar-refractivity contribution is 9.09. The summed E-state index contributed by atoms with van der Waals surface area (Å²) in [6, 6.07) is 0. The molecule has 0 spiro atoms. The maximum Gasteiger partial charge on any atom is 0.336 e. The Labute approximate surface area is 103 Å². The van der Waals surface area contributed by atoms with Crippen LogP contribution in [0.5, 0.6) is 0 Å². The van der Waals surface area contributed by atoms with Crippen LogP contribution in [0, 0.1) is 0 Å². The lowest BCUT2D eigenvalue weighted by molar-refractivity contribution is -0.132. The van der Waals surface area contributed by atoms with Gasteiger partial charge in [-0.15, -0.1) is 0 Å². The number of hydrogen-bond acceptors (Lipinski definition) is 3. The quantitative estimate of drug-likeness (QED) is 0.809. The fourth-order valence-electron chi connectivity index (χ4n) is 1.99. The highest BCUT2D eigenvalue weighted by Gasteiger charge is 2.27.